The van der Waals surface area contributed by atoms with Crippen LogP contribution in [0.4, 0.5) is 0 Å². The largest absolute Gasteiger partial charge is 0.294 e. The molecule has 0 aromatic carbocycles. The Labute approximate surface area is 89.4 Å². The van der Waals surface area contributed by atoms with E-state index in [0.717, 1.165) is 41.3 Å². The van der Waals surface area contributed by atoms with Crippen LogP contribution in [-0.4, -0.2) is 10.8 Å². The minimum absolute atomic E-state index is 0.160. The normalized spacial score (nSPS) is 10.5. The third-order valence-corrected chi connectivity index (χ3v) is 3.27. The highest BCUT2D eigenvalue weighted by Gasteiger charge is 2.13. The van der Waals surface area contributed by atoms with Gasteiger partial charge in [0.15, 0.2) is 5.78 Å². The third kappa shape index (κ3) is 2.64. The van der Waals surface area contributed by atoms with Crippen molar-refractivity contribution in [2.75, 3.05) is 0 Å². The Morgan fingerprint density at radius 2 is 1.93 bits per heavy atom. The molecule has 0 fully saturated rings. The molecule has 0 aliphatic rings. The zero-order chi connectivity index (χ0) is 10.6. The first kappa shape index (κ1) is 11.4. The van der Waals surface area contributed by atoms with Crippen LogP contribution in [0, 0.1) is 0 Å². The van der Waals surface area contributed by atoms with E-state index in [-0.39, 0.29) is 5.78 Å². The Hall–Kier alpha value is -0.700. The number of carbonyl (C=O) groups is 1. The van der Waals surface area contributed by atoms with E-state index in [1.54, 1.807) is 18.3 Å². The van der Waals surface area contributed by atoms with Gasteiger partial charge in [0.05, 0.1) is 15.6 Å². The fourth-order valence-electron chi connectivity index (χ4n) is 1.40. The van der Waals surface area contributed by atoms with Crippen molar-refractivity contribution in [2.24, 2.45) is 0 Å². The molecule has 1 rings (SSSR count). The number of Topliss-reactive ketones (excluding diaryl/α,β-unsaturated/α-hetero) is 1. The van der Waals surface area contributed by atoms with Crippen molar-refractivity contribution in [3.8, 4) is 0 Å². The van der Waals surface area contributed by atoms with Gasteiger partial charge in [-0.3, -0.25) is 4.79 Å². The van der Waals surface area contributed by atoms with Gasteiger partial charge in [-0.05, 0) is 19.3 Å². The summed E-state index contributed by atoms with van der Waals surface area (Å²) in [5, 5.41) is 1.11. The second kappa shape index (κ2) is 5.25. The fraction of sp³-hybridized carbons (Fsp3) is 0.636. The smallest absolute Gasteiger partial charge is 0.171 e. The summed E-state index contributed by atoms with van der Waals surface area (Å²) in [6, 6.07) is 0. The first-order chi connectivity index (χ1) is 6.69. The van der Waals surface area contributed by atoms with Crippen LogP contribution in [0.5, 0.6) is 0 Å². The number of hydrogen-bond donors (Lipinski definition) is 0. The predicted octanol–water partition coefficient (Wildman–Crippen LogP) is 3.25. The van der Waals surface area contributed by atoms with Gasteiger partial charge in [-0.25, -0.2) is 4.98 Å². The number of rotatable bonds is 5. The predicted molar refractivity (Wildman–Crippen MR) is 60.1 cm³/mol. The molecule has 1 aromatic heterocycles. The molecule has 0 N–H and O–H groups in total. The molecule has 0 bridgehead atoms. The van der Waals surface area contributed by atoms with Crippen LogP contribution in [0.3, 0.4) is 0 Å². The van der Waals surface area contributed by atoms with Crippen molar-refractivity contribution in [3.63, 3.8) is 0 Å². The van der Waals surface area contributed by atoms with Crippen molar-refractivity contribution in [1.82, 2.24) is 4.98 Å². The molecule has 0 unspecified atom stereocenters. The summed E-state index contributed by atoms with van der Waals surface area (Å²) in [5.74, 6) is 0.160. The lowest BCUT2D eigenvalue weighted by Gasteiger charge is -1.94. The van der Waals surface area contributed by atoms with E-state index in [1.165, 1.54) is 0 Å². The molecular formula is C11H17NOS. The topological polar surface area (TPSA) is 30.0 Å². The monoisotopic (exact) mass is 211 g/mol. The lowest BCUT2D eigenvalue weighted by Crippen LogP contribution is -1.95. The molecule has 0 aliphatic carbocycles. The molecule has 3 heteroatoms. The molecule has 0 aliphatic heterocycles. The summed E-state index contributed by atoms with van der Waals surface area (Å²) < 4.78 is 0. The Balaban J connectivity index is 2.93. The van der Waals surface area contributed by atoms with Gasteiger partial charge in [0.25, 0.3) is 0 Å². The molecule has 2 nitrogen and oxygen atoms in total. The number of carbonyl (C=O) groups excluding carboxylic acids is 1. The summed E-state index contributed by atoms with van der Waals surface area (Å²) >= 11 is 1.57. The van der Waals surface area contributed by atoms with Gasteiger partial charge in [0.1, 0.15) is 0 Å². The molecule has 0 atom stereocenters. The lowest BCUT2D eigenvalue weighted by molar-refractivity contribution is 0.102. The maximum atomic E-state index is 11.3. The quantitative estimate of drug-likeness (QED) is 0.700. The van der Waals surface area contributed by atoms with Crippen molar-refractivity contribution < 1.29 is 4.79 Å². The van der Waals surface area contributed by atoms with Gasteiger partial charge in [-0.15, -0.1) is 11.3 Å². The molecule has 0 saturated heterocycles. The Morgan fingerprint density at radius 3 is 2.43 bits per heavy atom. The zero-order valence-electron chi connectivity index (χ0n) is 9.09. The average Bonchev–Trinajstić information content (AvgIpc) is 2.49. The number of thiazole rings is 1. The number of hydrogen-bond acceptors (Lipinski definition) is 3. The van der Waals surface area contributed by atoms with Crippen LogP contribution in [0.25, 0.3) is 0 Å². The third-order valence-electron chi connectivity index (χ3n) is 2.01. The van der Waals surface area contributed by atoms with E-state index in [9.17, 15) is 4.79 Å². The van der Waals surface area contributed by atoms with Gasteiger partial charge < -0.3 is 0 Å². The highest BCUT2D eigenvalue weighted by Crippen LogP contribution is 2.21. The minimum atomic E-state index is 0.160. The van der Waals surface area contributed by atoms with Crippen LogP contribution in [0.2, 0.25) is 0 Å². The van der Waals surface area contributed by atoms with Gasteiger partial charge in [-0.1, -0.05) is 20.3 Å². The standard InChI is InChI=1S/C11H17NOS/c1-4-6-9-11(8(3)13)14-10(12-9)7-5-2/h4-7H2,1-3H3. The van der Waals surface area contributed by atoms with Crippen LogP contribution in [0.1, 0.15) is 54.0 Å². The van der Waals surface area contributed by atoms with Crippen LogP contribution < -0.4 is 0 Å². The van der Waals surface area contributed by atoms with Crippen LogP contribution >= 0.6 is 11.3 Å². The Bertz CT molecular complexity index is 317. The van der Waals surface area contributed by atoms with Gasteiger partial charge >= 0.3 is 0 Å². The second-order valence-corrected chi connectivity index (χ2v) is 4.52. The van der Waals surface area contributed by atoms with Gasteiger partial charge in [0, 0.05) is 6.92 Å². The first-order valence-electron chi connectivity index (χ1n) is 5.18. The molecule has 0 spiro atoms. The van der Waals surface area contributed by atoms with Crippen molar-refractivity contribution in [2.45, 2.75) is 46.5 Å². The summed E-state index contributed by atoms with van der Waals surface area (Å²) in [6.45, 7) is 5.87. The molecule has 0 radical (unpaired) electrons. The highest BCUT2D eigenvalue weighted by atomic mass is 32.1. The van der Waals surface area contributed by atoms with Crippen LogP contribution in [-0.2, 0) is 12.8 Å². The van der Waals surface area contributed by atoms with Crippen molar-refractivity contribution in [1.29, 1.82) is 0 Å². The molecular weight excluding hydrogens is 194 g/mol. The highest BCUT2D eigenvalue weighted by molar-refractivity contribution is 7.13. The SMILES string of the molecule is CCCc1nc(CCC)c(C(C)=O)s1. The number of ketones is 1. The maximum Gasteiger partial charge on any atom is 0.171 e. The van der Waals surface area contributed by atoms with E-state index in [2.05, 4.69) is 18.8 Å². The number of nitrogens with zero attached hydrogens (tertiary/aromatic N) is 1. The minimum Gasteiger partial charge on any atom is -0.294 e. The lowest BCUT2D eigenvalue weighted by atomic mass is 10.2. The first-order valence-corrected chi connectivity index (χ1v) is 6.00. The zero-order valence-corrected chi connectivity index (χ0v) is 9.91. The van der Waals surface area contributed by atoms with E-state index in [4.69, 9.17) is 0 Å². The van der Waals surface area contributed by atoms with Crippen LogP contribution in [0.15, 0.2) is 0 Å². The molecule has 1 heterocycles. The Morgan fingerprint density at radius 1 is 1.29 bits per heavy atom. The maximum absolute atomic E-state index is 11.3. The number of aryl methyl sites for hydroxylation is 2. The molecule has 0 amide bonds. The molecule has 78 valence electrons. The Kier molecular flexibility index (Phi) is 4.26. The molecule has 14 heavy (non-hydrogen) atoms. The van der Waals surface area contributed by atoms with E-state index < -0.39 is 0 Å². The van der Waals surface area contributed by atoms with E-state index >= 15 is 0 Å². The fourth-order valence-corrected chi connectivity index (χ4v) is 2.51. The summed E-state index contributed by atoms with van der Waals surface area (Å²) in [4.78, 5) is 16.7. The van der Waals surface area contributed by atoms with Crippen molar-refractivity contribution in [3.05, 3.63) is 15.6 Å². The second-order valence-electron chi connectivity index (χ2n) is 3.44. The van der Waals surface area contributed by atoms with Gasteiger partial charge in [0.2, 0.25) is 0 Å². The van der Waals surface area contributed by atoms with Crippen molar-refractivity contribution >= 4 is 17.1 Å². The summed E-state index contributed by atoms with van der Waals surface area (Å²) in [6.07, 6.45) is 4.07. The average molecular weight is 211 g/mol. The van der Waals surface area contributed by atoms with E-state index in [0.29, 0.717) is 0 Å². The van der Waals surface area contributed by atoms with E-state index in [1.807, 2.05) is 0 Å². The number of aromatic nitrogens is 1. The molecule has 1 aromatic rings. The summed E-state index contributed by atoms with van der Waals surface area (Å²) in [7, 11) is 0. The molecule has 0 saturated carbocycles. The summed E-state index contributed by atoms with van der Waals surface area (Å²) in [5.41, 5.74) is 1.01. The van der Waals surface area contributed by atoms with Gasteiger partial charge in [-0.2, -0.15) is 0 Å².